The second-order valence-corrected chi connectivity index (χ2v) is 4.46. The Morgan fingerprint density at radius 2 is 2.16 bits per heavy atom. The average molecular weight is 258 g/mol. The van der Waals surface area contributed by atoms with Gasteiger partial charge in [-0.3, -0.25) is 9.13 Å². The van der Waals surface area contributed by atoms with Crippen molar-refractivity contribution in [1.82, 2.24) is 19.3 Å². The van der Waals surface area contributed by atoms with E-state index in [4.69, 9.17) is 9.15 Å². The van der Waals surface area contributed by atoms with Crippen molar-refractivity contribution >= 4 is 11.0 Å². The molecule has 2 aromatic heterocycles. The van der Waals surface area contributed by atoms with Crippen LogP contribution in [0.25, 0.3) is 16.7 Å². The van der Waals surface area contributed by atoms with E-state index in [1.54, 1.807) is 23.1 Å². The zero-order chi connectivity index (χ0) is 13.1. The van der Waals surface area contributed by atoms with E-state index in [-0.39, 0.29) is 12.3 Å². The number of rotatable bonds is 3. The Kier molecular flexibility index (Phi) is 1.77. The van der Waals surface area contributed by atoms with Crippen LogP contribution in [0, 0.1) is 6.92 Å². The molecule has 3 heterocycles. The molecule has 0 bridgehead atoms. The van der Waals surface area contributed by atoms with E-state index in [1.807, 2.05) is 12.1 Å². The third-order valence-corrected chi connectivity index (χ3v) is 3.24. The molecule has 19 heavy (non-hydrogen) atoms. The summed E-state index contributed by atoms with van der Waals surface area (Å²) in [6.45, 7) is 1.91. The molecule has 0 saturated heterocycles. The van der Waals surface area contributed by atoms with Crippen molar-refractivity contribution in [2.75, 3.05) is 0 Å². The fourth-order valence-electron chi connectivity index (χ4n) is 2.33. The molecule has 0 radical (unpaired) electrons. The summed E-state index contributed by atoms with van der Waals surface area (Å²) in [5.41, 5.74) is 2.66. The van der Waals surface area contributed by atoms with Gasteiger partial charge in [-0.25, -0.2) is 4.79 Å². The van der Waals surface area contributed by atoms with Crippen molar-refractivity contribution in [2.24, 2.45) is 7.05 Å². The molecule has 0 unspecified atom stereocenters. The molecular formula is C12H10N4O3. The number of aryl methyl sites for hydroxylation is 2. The van der Waals surface area contributed by atoms with Crippen LogP contribution in [0.4, 0.5) is 0 Å². The van der Waals surface area contributed by atoms with Gasteiger partial charge in [0, 0.05) is 14.0 Å². The average Bonchev–Trinajstić information content (AvgIpc) is 2.88. The lowest BCUT2D eigenvalue weighted by Crippen LogP contribution is -2.17. The van der Waals surface area contributed by atoms with E-state index in [0.717, 1.165) is 16.7 Å². The normalized spacial score (nSPS) is 12.1. The maximum atomic E-state index is 11.8. The van der Waals surface area contributed by atoms with E-state index in [0.29, 0.717) is 17.5 Å². The molecule has 0 amide bonds. The number of fused-ring (bicyclic) bond motifs is 1. The minimum Gasteiger partial charge on any atom is -0.482 e. The van der Waals surface area contributed by atoms with E-state index >= 15 is 0 Å². The van der Waals surface area contributed by atoms with Crippen molar-refractivity contribution in [3.8, 4) is 11.4 Å². The summed E-state index contributed by atoms with van der Waals surface area (Å²) in [7, 11) is 1.73. The van der Waals surface area contributed by atoms with Crippen LogP contribution in [0.15, 0.2) is 21.3 Å². The topological polar surface area (TPSA) is 75.1 Å². The van der Waals surface area contributed by atoms with Gasteiger partial charge in [0.15, 0.2) is 6.61 Å². The number of benzene rings is 1. The van der Waals surface area contributed by atoms with Crippen molar-refractivity contribution in [3.63, 3.8) is 0 Å². The summed E-state index contributed by atoms with van der Waals surface area (Å²) in [5.74, 6) is 1.56. The number of hydrogen-bond donors (Lipinski definition) is 0. The van der Waals surface area contributed by atoms with E-state index in [1.165, 1.54) is 0 Å². The first kappa shape index (κ1) is 10.4. The number of hydrogen-bond acceptors (Lipinski definition) is 5. The first-order valence-corrected chi connectivity index (χ1v) is 5.83. The maximum absolute atomic E-state index is 11.8. The highest BCUT2D eigenvalue weighted by molar-refractivity contribution is 6.00. The fourth-order valence-corrected chi connectivity index (χ4v) is 2.33. The Labute approximate surface area is 107 Å². The highest BCUT2D eigenvalue weighted by Gasteiger charge is 2.30. The Bertz CT molecular complexity index is 871. The largest absolute Gasteiger partial charge is 0.482 e. The lowest BCUT2D eigenvalue weighted by molar-refractivity contribution is 0.262. The zero-order valence-corrected chi connectivity index (χ0v) is 10.4. The summed E-state index contributed by atoms with van der Waals surface area (Å²) in [4.78, 5) is 11.8. The third kappa shape index (κ3) is 1.29. The third-order valence-electron chi connectivity index (χ3n) is 3.24. The number of aromatic nitrogens is 4. The first-order valence-electron chi connectivity index (χ1n) is 5.83. The molecule has 0 atom stereocenters. The Morgan fingerprint density at radius 1 is 1.32 bits per heavy atom. The molecule has 0 N–H and O–H groups in total. The monoisotopic (exact) mass is 258 g/mol. The maximum Gasteiger partial charge on any atom is 0.333 e. The fraction of sp³-hybridized carbons (Fsp3) is 0.250. The zero-order valence-electron chi connectivity index (χ0n) is 10.4. The molecule has 7 nitrogen and oxygen atoms in total. The van der Waals surface area contributed by atoms with Crippen molar-refractivity contribution < 1.29 is 9.15 Å². The van der Waals surface area contributed by atoms with Gasteiger partial charge < -0.3 is 9.15 Å². The van der Waals surface area contributed by atoms with Crippen LogP contribution in [-0.2, 0) is 13.7 Å². The predicted molar refractivity (Wildman–Crippen MR) is 65.4 cm³/mol. The van der Waals surface area contributed by atoms with Gasteiger partial charge in [-0.05, 0) is 12.1 Å². The van der Waals surface area contributed by atoms with Gasteiger partial charge in [0.05, 0.1) is 5.69 Å². The van der Waals surface area contributed by atoms with Gasteiger partial charge in [-0.15, -0.1) is 10.2 Å². The van der Waals surface area contributed by atoms with Crippen molar-refractivity contribution in [3.05, 3.63) is 34.4 Å². The van der Waals surface area contributed by atoms with Crippen LogP contribution in [0.2, 0.25) is 0 Å². The highest BCUT2D eigenvalue weighted by Crippen LogP contribution is 2.39. The summed E-state index contributed by atoms with van der Waals surface area (Å²) in [5, 5.41) is 7.60. The summed E-state index contributed by atoms with van der Waals surface area (Å²) in [6.07, 6.45) is 0. The standard InChI is InChI=1S/C12H10N4O3/c1-6-13-14-9(19-6)5-18-8-4-3-7-10-11(8)15(2)12(17)16(7)10/h3-4H,5H2,1-2H3. The van der Waals surface area contributed by atoms with Crippen molar-refractivity contribution in [2.45, 2.75) is 13.5 Å². The highest BCUT2D eigenvalue weighted by atomic mass is 16.5. The van der Waals surface area contributed by atoms with Crippen LogP contribution < -0.4 is 10.4 Å². The molecule has 3 aromatic rings. The summed E-state index contributed by atoms with van der Waals surface area (Å²) < 4.78 is 14.2. The number of imidazole rings is 1. The molecule has 1 aliphatic heterocycles. The van der Waals surface area contributed by atoms with E-state index in [2.05, 4.69) is 10.2 Å². The van der Waals surface area contributed by atoms with E-state index < -0.39 is 0 Å². The molecule has 4 rings (SSSR count). The molecular weight excluding hydrogens is 248 g/mol. The first-order chi connectivity index (χ1) is 9.16. The van der Waals surface area contributed by atoms with Gasteiger partial charge in [0.1, 0.15) is 16.8 Å². The molecule has 0 spiro atoms. The van der Waals surface area contributed by atoms with Crippen molar-refractivity contribution in [1.29, 1.82) is 0 Å². The smallest absolute Gasteiger partial charge is 0.333 e. The second-order valence-electron chi connectivity index (χ2n) is 4.46. The number of ether oxygens (including phenoxy) is 1. The summed E-state index contributed by atoms with van der Waals surface area (Å²) >= 11 is 0. The van der Waals surface area contributed by atoms with Gasteiger partial charge in [-0.1, -0.05) is 0 Å². The predicted octanol–water partition coefficient (Wildman–Crippen LogP) is 0.913. The molecule has 96 valence electrons. The van der Waals surface area contributed by atoms with Crippen LogP contribution in [-0.4, -0.2) is 19.3 Å². The van der Waals surface area contributed by atoms with Gasteiger partial charge in [0.25, 0.3) is 5.89 Å². The Balaban J connectivity index is 1.71. The quantitative estimate of drug-likeness (QED) is 0.546. The van der Waals surface area contributed by atoms with Crippen LogP contribution in [0.5, 0.6) is 5.75 Å². The summed E-state index contributed by atoms with van der Waals surface area (Å²) in [6, 6.07) is 3.72. The molecule has 0 fully saturated rings. The number of nitrogens with zero attached hydrogens (tertiary/aromatic N) is 4. The Hall–Kier alpha value is -2.57. The molecule has 0 saturated carbocycles. The molecule has 1 aliphatic rings. The molecule has 0 aliphatic carbocycles. The van der Waals surface area contributed by atoms with Crippen LogP contribution in [0.1, 0.15) is 11.8 Å². The molecule has 1 aromatic carbocycles. The van der Waals surface area contributed by atoms with Gasteiger partial charge >= 0.3 is 5.69 Å². The van der Waals surface area contributed by atoms with Crippen LogP contribution >= 0.6 is 0 Å². The second kappa shape index (κ2) is 3.25. The van der Waals surface area contributed by atoms with Crippen LogP contribution in [0.3, 0.4) is 0 Å². The Morgan fingerprint density at radius 3 is 2.89 bits per heavy atom. The SMILES string of the molecule is Cc1nnc(COc2ccc3c4c2n(C)c(=O)n4-3)o1. The van der Waals surface area contributed by atoms with Gasteiger partial charge in [-0.2, -0.15) is 0 Å². The van der Waals surface area contributed by atoms with Gasteiger partial charge in [0.2, 0.25) is 5.89 Å². The minimum absolute atomic E-state index is 0.0425. The lowest BCUT2D eigenvalue weighted by atomic mass is 10.3. The minimum atomic E-state index is -0.0425. The lowest BCUT2D eigenvalue weighted by Gasteiger charge is -2.05. The van der Waals surface area contributed by atoms with E-state index in [9.17, 15) is 4.79 Å². The molecule has 7 heteroatoms.